The minimum Gasteiger partial charge on any atom is -0.242 e. The number of carbonyl (C=O) groups excluding carboxylic acids is 1. The molecular formula is C4H2F3O2. The van der Waals surface area contributed by atoms with E-state index in [1.54, 1.807) is 0 Å². The summed E-state index contributed by atoms with van der Waals surface area (Å²) in [7, 11) is 0. The number of hydrogen-bond donors (Lipinski definition) is 0. The van der Waals surface area contributed by atoms with Crippen LogP contribution in [0.15, 0.2) is 12.2 Å². The highest BCUT2D eigenvalue weighted by Gasteiger charge is 2.37. The minimum absolute atomic E-state index is 1.86. The van der Waals surface area contributed by atoms with Crippen LogP contribution in [0.2, 0.25) is 0 Å². The first kappa shape index (κ1) is 8.00. The molecule has 0 aromatic rings. The zero-order valence-electron chi connectivity index (χ0n) is 4.16. The van der Waals surface area contributed by atoms with E-state index in [1.165, 1.54) is 0 Å². The first-order chi connectivity index (χ1) is 3.85. The average molecular weight is 139 g/mol. The van der Waals surface area contributed by atoms with Gasteiger partial charge in [-0.25, -0.2) is 9.90 Å². The van der Waals surface area contributed by atoms with Crippen molar-refractivity contribution in [3.05, 3.63) is 12.2 Å². The third-order valence-corrected chi connectivity index (χ3v) is 0.589. The molecule has 0 N–H and O–H groups in total. The summed E-state index contributed by atoms with van der Waals surface area (Å²) in [4.78, 5) is 9.42. The third-order valence-electron chi connectivity index (χ3n) is 0.589. The van der Waals surface area contributed by atoms with Crippen LogP contribution in [0, 0.1) is 0 Å². The Hall–Kier alpha value is -1.00. The van der Waals surface area contributed by atoms with E-state index in [0.717, 1.165) is 0 Å². The minimum atomic E-state index is -4.88. The zero-order valence-corrected chi connectivity index (χ0v) is 4.16. The molecule has 0 saturated heterocycles. The monoisotopic (exact) mass is 139 g/mol. The lowest BCUT2D eigenvalue weighted by Crippen LogP contribution is -2.17. The topological polar surface area (TPSA) is 37.0 Å². The zero-order chi connectivity index (χ0) is 7.65. The predicted octanol–water partition coefficient (Wildman–Crippen LogP) is 1.06. The van der Waals surface area contributed by atoms with Gasteiger partial charge in [-0.3, -0.25) is 0 Å². The van der Waals surface area contributed by atoms with Crippen molar-refractivity contribution in [3.8, 4) is 0 Å². The Morgan fingerprint density at radius 1 is 1.33 bits per heavy atom. The maximum atomic E-state index is 11.2. The van der Waals surface area contributed by atoms with E-state index in [0.29, 0.717) is 0 Å². The van der Waals surface area contributed by atoms with Gasteiger partial charge < -0.3 is 0 Å². The standard InChI is InChI=1S/C4H2F3O2/c1-2(3(8)9)4(5,6)7/h1H2. The van der Waals surface area contributed by atoms with Gasteiger partial charge in [0.25, 0.3) is 0 Å². The molecule has 0 aliphatic rings. The SMILES string of the molecule is C=C(C([O])=O)C(F)(F)F. The molecule has 0 aliphatic heterocycles. The van der Waals surface area contributed by atoms with Crippen molar-refractivity contribution in [2.45, 2.75) is 6.18 Å². The maximum absolute atomic E-state index is 11.2. The van der Waals surface area contributed by atoms with Crippen molar-refractivity contribution in [1.82, 2.24) is 0 Å². The van der Waals surface area contributed by atoms with Gasteiger partial charge in [-0.2, -0.15) is 13.2 Å². The molecule has 9 heavy (non-hydrogen) atoms. The largest absolute Gasteiger partial charge is 0.422 e. The van der Waals surface area contributed by atoms with Crippen LogP contribution in [0.5, 0.6) is 0 Å². The smallest absolute Gasteiger partial charge is 0.242 e. The van der Waals surface area contributed by atoms with Gasteiger partial charge in [0.15, 0.2) is 0 Å². The Bertz CT molecular complexity index is 146. The average Bonchev–Trinajstić information content (AvgIpc) is 1.62. The summed E-state index contributed by atoms with van der Waals surface area (Å²) in [5, 5.41) is 9.42. The van der Waals surface area contributed by atoms with Crippen LogP contribution in [-0.2, 0) is 9.90 Å². The summed E-state index contributed by atoms with van der Waals surface area (Å²) in [6.45, 7) is 2.24. The molecule has 0 unspecified atom stereocenters. The Kier molecular flexibility index (Phi) is 1.85. The molecule has 0 bridgehead atoms. The molecule has 0 aromatic carbocycles. The van der Waals surface area contributed by atoms with Gasteiger partial charge in [-0.05, 0) is 0 Å². The van der Waals surface area contributed by atoms with E-state index in [4.69, 9.17) is 0 Å². The number of carbonyl (C=O) groups is 1. The molecule has 2 nitrogen and oxygen atoms in total. The number of hydrogen-bond acceptors (Lipinski definition) is 1. The maximum Gasteiger partial charge on any atom is 0.422 e. The van der Waals surface area contributed by atoms with E-state index in [2.05, 4.69) is 6.58 Å². The predicted molar refractivity (Wildman–Crippen MR) is 20.9 cm³/mol. The van der Waals surface area contributed by atoms with Crippen molar-refractivity contribution < 1.29 is 23.1 Å². The molecule has 0 spiro atoms. The normalized spacial score (nSPS) is 11.0. The second-order valence-electron chi connectivity index (χ2n) is 1.26. The summed E-state index contributed by atoms with van der Waals surface area (Å²) in [5.74, 6) is -2.29. The van der Waals surface area contributed by atoms with Crippen LogP contribution >= 0.6 is 0 Å². The molecule has 0 aliphatic carbocycles. The fourth-order valence-electron chi connectivity index (χ4n) is 0.116. The summed E-state index contributed by atoms with van der Waals surface area (Å²) in [5.41, 5.74) is -1.86. The quantitative estimate of drug-likeness (QED) is 0.500. The lowest BCUT2D eigenvalue weighted by molar-refractivity contribution is -0.150. The van der Waals surface area contributed by atoms with Crippen molar-refractivity contribution in [2.24, 2.45) is 0 Å². The molecule has 0 amide bonds. The molecule has 0 fully saturated rings. The molecule has 0 atom stereocenters. The lowest BCUT2D eigenvalue weighted by Gasteiger charge is -2.01. The molecule has 0 aromatic heterocycles. The number of alkyl halides is 3. The summed E-state index contributed by atoms with van der Waals surface area (Å²) in [6.07, 6.45) is -4.88. The Morgan fingerprint density at radius 3 is 1.67 bits per heavy atom. The van der Waals surface area contributed by atoms with Crippen molar-refractivity contribution in [2.75, 3.05) is 0 Å². The van der Waals surface area contributed by atoms with Crippen LogP contribution in [0.3, 0.4) is 0 Å². The van der Waals surface area contributed by atoms with Gasteiger partial charge in [0, 0.05) is 0 Å². The molecule has 0 heterocycles. The molecule has 0 saturated carbocycles. The number of rotatable bonds is 1. The van der Waals surface area contributed by atoms with Crippen LogP contribution in [-0.4, -0.2) is 12.1 Å². The third kappa shape index (κ3) is 2.16. The van der Waals surface area contributed by atoms with Gasteiger partial charge in [0.1, 0.15) is 5.57 Å². The Balaban J connectivity index is 4.23. The van der Waals surface area contributed by atoms with E-state index in [1.807, 2.05) is 0 Å². The van der Waals surface area contributed by atoms with E-state index < -0.39 is 17.7 Å². The van der Waals surface area contributed by atoms with Gasteiger partial charge in [0.05, 0.1) is 0 Å². The van der Waals surface area contributed by atoms with Crippen LogP contribution in [0.1, 0.15) is 0 Å². The van der Waals surface area contributed by atoms with Crippen LogP contribution in [0.25, 0.3) is 0 Å². The molecule has 1 radical (unpaired) electrons. The van der Waals surface area contributed by atoms with E-state index >= 15 is 0 Å². The summed E-state index contributed by atoms with van der Waals surface area (Å²) >= 11 is 0. The highest BCUT2D eigenvalue weighted by atomic mass is 19.4. The first-order valence-electron chi connectivity index (χ1n) is 1.83. The highest BCUT2D eigenvalue weighted by Crippen LogP contribution is 2.23. The van der Waals surface area contributed by atoms with E-state index in [9.17, 15) is 23.1 Å². The van der Waals surface area contributed by atoms with Gasteiger partial charge in [-0.1, -0.05) is 6.58 Å². The lowest BCUT2D eigenvalue weighted by atomic mass is 10.3. The van der Waals surface area contributed by atoms with Crippen LogP contribution in [0.4, 0.5) is 13.2 Å². The van der Waals surface area contributed by atoms with Gasteiger partial charge in [-0.15, -0.1) is 0 Å². The Morgan fingerprint density at radius 2 is 1.67 bits per heavy atom. The van der Waals surface area contributed by atoms with Crippen molar-refractivity contribution in [1.29, 1.82) is 0 Å². The van der Waals surface area contributed by atoms with Gasteiger partial charge >= 0.3 is 12.1 Å². The second-order valence-corrected chi connectivity index (χ2v) is 1.26. The summed E-state index contributed by atoms with van der Waals surface area (Å²) in [6, 6.07) is 0. The fraction of sp³-hybridized carbons (Fsp3) is 0.250. The fourth-order valence-corrected chi connectivity index (χ4v) is 0.116. The molecule has 5 heteroatoms. The highest BCUT2D eigenvalue weighted by molar-refractivity contribution is 5.86. The summed E-state index contributed by atoms with van der Waals surface area (Å²) < 4.78 is 33.5. The first-order valence-corrected chi connectivity index (χ1v) is 1.83. The van der Waals surface area contributed by atoms with Crippen LogP contribution < -0.4 is 0 Å². The van der Waals surface area contributed by atoms with E-state index in [-0.39, 0.29) is 0 Å². The molecular weight excluding hydrogens is 137 g/mol. The second kappa shape index (κ2) is 2.08. The number of halogens is 3. The van der Waals surface area contributed by atoms with Crippen molar-refractivity contribution >= 4 is 5.97 Å². The molecule has 0 rings (SSSR count). The van der Waals surface area contributed by atoms with Crippen molar-refractivity contribution in [3.63, 3.8) is 0 Å². The van der Waals surface area contributed by atoms with Gasteiger partial charge in [0.2, 0.25) is 0 Å². The Labute approximate surface area is 48.6 Å². The molecule has 51 valence electrons.